The molecular formula is C18H20ClN3O3. The number of hydrogen-bond acceptors (Lipinski definition) is 5. The number of hydrogen-bond donors (Lipinski definition) is 1. The highest BCUT2D eigenvalue weighted by atomic mass is 35.5. The number of fused-ring (bicyclic) bond motifs is 1. The molecule has 25 heavy (non-hydrogen) atoms. The zero-order valence-electron chi connectivity index (χ0n) is 14.3. The Hall–Kier alpha value is -2.47. The number of aromatic nitrogens is 2. The SMILES string of the molecule is COC(=O)C1C=CC=C(Cc2c(OC(C)C)nn3cc(Cl)ccc23)N1. The van der Waals surface area contributed by atoms with Crippen molar-refractivity contribution in [3.05, 3.63) is 52.8 Å². The van der Waals surface area contributed by atoms with Gasteiger partial charge in [-0.2, -0.15) is 0 Å². The third-order valence-electron chi connectivity index (χ3n) is 3.77. The molecule has 0 aromatic carbocycles. The molecule has 0 spiro atoms. The van der Waals surface area contributed by atoms with Crippen LogP contribution in [0.15, 0.2) is 42.3 Å². The zero-order chi connectivity index (χ0) is 18.0. The molecule has 1 N–H and O–H groups in total. The Labute approximate surface area is 151 Å². The number of methoxy groups -OCH3 is 1. The lowest BCUT2D eigenvalue weighted by Crippen LogP contribution is -2.37. The molecule has 1 aliphatic rings. The maximum absolute atomic E-state index is 11.8. The molecule has 6 nitrogen and oxygen atoms in total. The van der Waals surface area contributed by atoms with E-state index in [0.29, 0.717) is 17.3 Å². The number of nitrogens with zero attached hydrogens (tertiary/aromatic N) is 2. The molecule has 1 atom stereocenters. The molecule has 3 heterocycles. The van der Waals surface area contributed by atoms with Gasteiger partial charge in [0.05, 0.1) is 23.8 Å². The van der Waals surface area contributed by atoms with E-state index in [4.69, 9.17) is 21.1 Å². The van der Waals surface area contributed by atoms with E-state index in [1.807, 2.05) is 38.1 Å². The van der Waals surface area contributed by atoms with Crippen LogP contribution in [-0.2, 0) is 16.0 Å². The maximum atomic E-state index is 11.8. The van der Waals surface area contributed by atoms with Gasteiger partial charge in [-0.3, -0.25) is 0 Å². The highest BCUT2D eigenvalue weighted by Crippen LogP contribution is 2.27. The summed E-state index contributed by atoms with van der Waals surface area (Å²) in [6, 6.07) is 3.24. The number of dihydropyridines is 1. The molecule has 0 saturated carbocycles. The Morgan fingerprint density at radius 2 is 2.24 bits per heavy atom. The third-order valence-corrected chi connectivity index (χ3v) is 3.99. The minimum atomic E-state index is -0.490. The first-order valence-electron chi connectivity index (χ1n) is 8.03. The third kappa shape index (κ3) is 3.79. The minimum absolute atomic E-state index is 0.00450. The Balaban J connectivity index is 1.93. The monoisotopic (exact) mass is 361 g/mol. The summed E-state index contributed by atoms with van der Waals surface area (Å²) in [6.45, 7) is 3.91. The van der Waals surface area contributed by atoms with Gasteiger partial charge in [0.2, 0.25) is 5.88 Å². The van der Waals surface area contributed by atoms with Gasteiger partial charge in [0, 0.05) is 23.9 Å². The summed E-state index contributed by atoms with van der Waals surface area (Å²) in [6.07, 6.45) is 7.82. The van der Waals surface area contributed by atoms with Crippen LogP contribution in [0.4, 0.5) is 0 Å². The van der Waals surface area contributed by atoms with Crippen molar-refractivity contribution in [2.75, 3.05) is 7.11 Å². The fraction of sp³-hybridized carbons (Fsp3) is 0.333. The number of carbonyl (C=O) groups is 1. The second-order valence-electron chi connectivity index (χ2n) is 6.03. The van der Waals surface area contributed by atoms with Crippen molar-refractivity contribution in [3.63, 3.8) is 0 Å². The summed E-state index contributed by atoms with van der Waals surface area (Å²) in [5.41, 5.74) is 2.73. The summed E-state index contributed by atoms with van der Waals surface area (Å²) in [4.78, 5) is 11.8. The van der Waals surface area contributed by atoms with Gasteiger partial charge >= 0.3 is 5.97 Å². The number of esters is 1. The van der Waals surface area contributed by atoms with Crippen LogP contribution < -0.4 is 10.1 Å². The van der Waals surface area contributed by atoms with Crippen molar-refractivity contribution in [2.24, 2.45) is 0 Å². The summed E-state index contributed by atoms with van der Waals surface area (Å²) in [5, 5.41) is 8.27. The molecular weight excluding hydrogens is 342 g/mol. The lowest BCUT2D eigenvalue weighted by Gasteiger charge is -2.20. The molecule has 0 amide bonds. The predicted octanol–water partition coefficient (Wildman–Crippen LogP) is 2.90. The number of pyridine rings is 1. The molecule has 1 unspecified atom stereocenters. The number of ether oxygens (including phenoxy) is 2. The van der Waals surface area contributed by atoms with Crippen molar-refractivity contribution in [1.82, 2.24) is 14.9 Å². The molecule has 0 radical (unpaired) electrons. The predicted molar refractivity (Wildman–Crippen MR) is 95.8 cm³/mol. The fourth-order valence-corrected chi connectivity index (χ4v) is 2.84. The van der Waals surface area contributed by atoms with Crippen molar-refractivity contribution in [3.8, 4) is 5.88 Å². The molecule has 0 saturated heterocycles. The van der Waals surface area contributed by atoms with E-state index < -0.39 is 6.04 Å². The van der Waals surface area contributed by atoms with E-state index in [-0.39, 0.29) is 12.1 Å². The maximum Gasteiger partial charge on any atom is 0.332 e. The average molecular weight is 362 g/mol. The first-order valence-corrected chi connectivity index (χ1v) is 8.41. The summed E-state index contributed by atoms with van der Waals surface area (Å²) < 4.78 is 12.4. The van der Waals surface area contributed by atoms with Gasteiger partial charge < -0.3 is 14.8 Å². The second-order valence-corrected chi connectivity index (χ2v) is 6.46. The molecule has 0 bridgehead atoms. The Bertz CT molecular complexity index is 855. The summed E-state index contributed by atoms with van der Waals surface area (Å²) >= 11 is 6.06. The minimum Gasteiger partial charge on any atom is -0.474 e. The van der Waals surface area contributed by atoms with Crippen LogP contribution in [0.25, 0.3) is 5.52 Å². The number of allylic oxidation sites excluding steroid dienone is 3. The summed E-state index contributed by atoms with van der Waals surface area (Å²) in [7, 11) is 1.37. The number of rotatable bonds is 5. The molecule has 0 aliphatic carbocycles. The van der Waals surface area contributed by atoms with Crippen LogP contribution in [0.5, 0.6) is 5.88 Å². The van der Waals surface area contributed by atoms with E-state index in [0.717, 1.165) is 16.8 Å². The molecule has 0 fully saturated rings. The molecule has 7 heteroatoms. The van der Waals surface area contributed by atoms with Crippen LogP contribution >= 0.6 is 11.6 Å². The second kappa shape index (κ2) is 7.19. The van der Waals surface area contributed by atoms with Crippen molar-refractivity contribution >= 4 is 23.1 Å². The van der Waals surface area contributed by atoms with Gasteiger partial charge in [-0.25, -0.2) is 9.31 Å². The normalized spacial score (nSPS) is 16.7. The lowest BCUT2D eigenvalue weighted by atomic mass is 10.1. The van der Waals surface area contributed by atoms with Gasteiger partial charge in [0.15, 0.2) is 0 Å². The Morgan fingerprint density at radius 3 is 2.96 bits per heavy atom. The summed E-state index contributed by atoms with van der Waals surface area (Å²) in [5.74, 6) is 0.233. The van der Waals surface area contributed by atoms with E-state index >= 15 is 0 Å². The fourth-order valence-electron chi connectivity index (χ4n) is 2.68. The van der Waals surface area contributed by atoms with Gasteiger partial charge in [-0.15, -0.1) is 5.10 Å². The van der Waals surface area contributed by atoms with Crippen molar-refractivity contribution < 1.29 is 14.3 Å². The number of carbonyl (C=O) groups excluding carboxylic acids is 1. The van der Waals surface area contributed by atoms with E-state index in [1.54, 1.807) is 16.8 Å². The van der Waals surface area contributed by atoms with Crippen LogP contribution in [0.2, 0.25) is 5.02 Å². The topological polar surface area (TPSA) is 64.9 Å². The highest BCUT2D eigenvalue weighted by Gasteiger charge is 2.22. The number of nitrogens with one attached hydrogen (secondary N) is 1. The average Bonchev–Trinajstić information content (AvgIpc) is 2.90. The zero-order valence-corrected chi connectivity index (χ0v) is 15.1. The van der Waals surface area contributed by atoms with E-state index in [9.17, 15) is 4.79 Å². The van der Waals surface area contributed by atoms with Crippen molar-refractivity contribution in [1.29, 1.82) is 0 Å². The van der Waals surface area contributed by atoms with Crippen molar-refractivity contribution in [2.45, 2.75) is 32.4 Å². The number of halogens is 1. The van der Waals surface area contributed by atoms with Crippen LogP contribution in [0.3, 0.4) is 0 Å². The standard InChI is InChI=1S/C18H20ClN3O3/c1-11(2)25-17-14(16-8-7-12(19)10-22(16)21-17)9-13-5-4-6-15(20-13)18(23)24-3/h4-8,10-11,15,20H,9H2,1-3H3. The first kappa shape index (κ1) is 17.4. The molecule has 1 aliphatic heterocycles. The lowest BCUT2D eigenvalue weighted by molar-refractivity contribution is -0.141. The van der Waals surface area contributed by atoms with E-state index in [2.05, 4.69) is 10.4 Å². The highest BCUT2D eigenvalue weighted by molar-refractivity contribution is 6.30. The molecule has 3 rings (SSSR count). The first-order chi connectivity index (χ1) is 12.0. The quantitative estimate of drug-likeness (QED) is 0.829. The van der Waals surface area contributed by atoms with Gasteiger partial charge in [-0.05, 0) is 32.1 Å². The van der Waals surface area contributed by atoms with Crippen LogP contribution in [0, 0.1) is 0 Å². The molecule has 132 valence electrons. The van der Waals surface area contributed by atoms with Crippen LogP contribution in [-0.4, -0.2) is 34.8 Å². The molecule has 2 aromatic heterocycles. The Kier molecular flexibility index (Phi) is 4.99. The van der Waals surface area contributed by atoms with Crippen LogP contribution in [0.1, 0.15) is 19.4 Å². The molecule has 2 aromatic rings. The van der Waals surface area contributed by atoms with Gasteiger partial charge in [-0.1, -0.05) is 23.8 Å². The smallest absolute Gasteiger partial charge is 0.332 e. The largest absolute Gasteiger partial charge is 0.474 e. The Morgan fingerprint density at radius 1 is 1.44 bits per heavy atom. The van der Waals surface area contributed by atoms with Gasteiger partial charge in [0.25, 0.3) is 0 Å². The van der Waals surface area contributed by atoms with E-state index in [1.165, 1.54) is 7.11 Å². The van der Waals surface area contributed by atoms with Gasteiger partial charge in [0.1, 0.15) is 6.04 Å².